The first-order chi connectivity index (χ1) is 8.60. The maximum absolute atomic E-state index is 5.64. The van der Waals surface area contributed by atoms with E-state index in [1.54, 1.807) is 20.4 Å². The molecule has 0 saturated heterocycles. The smallest absolute Gasteiger partial charge is 0.222 e. The van der Waals surface area contributed by atoms with E-state index in [-0.39, 0.29) is 12.0 Å². The number of nitrogens with zero attached hydrogens (tertiary/aromatic N) is 3. The second-order valence-corrected chi connectivity index (χ2v) is 4.74. The zero-order valence-corrected chi connectivity index (χ0v) is 12.5. The molecule has 0 radical (unpaired) electrons. The predicted octanol–water partition coefficient (Wildman–Crippen LogP) is 1.31. The van der Waals surface area contributed by atoms with Crippen LogP contribution >= 0.6 is 15.9 Å². The molecule has 0 aliphatic heterocycles. The Morgan fingerprint density at radius 2 is 2.17 bits per heavy atom. The predicted molar refractivity (Wildman–Crippen MR) is 74.7 cm³/mol. The summed E-state index contributed by atoms with van der Waals surface area (Å²) in [5.74, 6) is 1.00. The summed E-state index contributed by atoms with van der Waals surface area (Å²) >= 11 is 3.44. The molecule has 1 atom stereocenters. The summed E-state index contributed by atoms with van der Waals surface area (Å²) in [4.78, 5) is 10.3. The van der Waals surface area contributed by atoms with Gasteiger partial charge < -0.3 is 20.1 Å². The minimum absolute atomic E-state index is 0.163. The second-order valence-electron chi connectivity index (χ2n) is 3.89. The molecule has 2 N–H and O–H groups in total. The van der Waals surface area contributed by atoms with Gasteiger partial charge in [0.05, 0.1) is 23.7 Å². The third-order valence-corrected chi connectivity index (χ3v) is 3.05. The molecule has 1 aromatic rings. The monoisotopic (exact) mass is 318 g/mol. The quantitative estimate of drug-likeness (QED) is 0.817. The molecule has 0 aliphatic rings. The van der Waals surface area contributed by atoms with Crippen molar-refractivity contribution in [3.05, 3.63) is 10.7 Å². The lowest BCUT2D eigenvalue weighted by Crippen LogP contribution is -2.39. The Morgan fingerprint density at radius 3 is 2.78 bits per heavy atom. The number of anilines is 2. The van der Waals surface area contributed by atoms with Gasteiger partial charge in [0.15, 0.2) is 0 Å². The lowest BCUT2D eigenvalue weighted by atomic mass is 10.3. The van der Waals surface area contributed by atoms with Crippen molar-refractivity contribution < 1.29 is 9.47 Å². The van der Waals surface area contributed by atoms with Gasteiger partial charge in [0.1, 0.15) is 5.82 Å². The highest BCUT2D eigenvalue weighted by atomic mass is 79.9. The van der Waals surface area contributed by atoms with E-state index in [1.807, 2.05) is 0 Å². The summed E-state index contributed by atoms with van der Waals surface area (Å²) in [6.45, 7) is 3.96. The normalized spacial score (nSPS) is 12.4. The van der Waals surface area contributed by atoms with Crippen LogP contribution in [0, 0.1) is 0 Å². The van der Waals surface area contributed by atoms with Crippen molar-refractivity contribution >= 4 is 27.7 Å². The third kappa shape index (κ3) is 4.08. The van der Waals surface area contributed by atoms with Crippen molar-refractivity contribution in [3.63, 3.8) is 0 Å². The molecule has 0 amide bonds. The van der Waals surface area contributed by atoms with Gasteiger partial charge in [0.2, 0.25) is 5.95 Å². The Labute approximate surface area is 116 Å². The van der Waals surface area contributed by atoms with Crippen molar-refractivity contribution in [2.75, 3.05) is 44.6 Å². The zero-order valence-electron chi connectivity index (χ0n) is 10.9. The van der Waals surface area contributed by atoms with Crippen LogP contribution in [-0.4, -0.2) is 50.0 Å². The second kappa shape index (κ2) is 7.50. The number of aromatic nitrogens is 2. The van der Waals surface area contributed by atoms with Crippen molar-refractivity contribution in [2.45, 2.75) is 13.0 Å². The standard InChI is InChI=1S/C11H19BrN4O2/c1-8(7-18-3)16(4-5-17-2)10-9(12)6-14-11(13)15-10/h6,8H,4-5,7H2,1-3H3,(H2,13,14,15). The van der Waals surface area contributed by atoms with Gasteiger partial charge >= 0.3 is 0 Å². The highest BCUT2D eigenvalue weighted by Crippen LogP contribution is 2.25. The van der Waals surface area contributed by atoms with Gasteiger partial charge in [-0.05, 0) is 22.9 Å². The van der Waals surface area contributed by atoms with E-state index in [0.29, 0.717) is 19.8 Å². The maximum atomic E-state index is 5.64. The first-order valence-electron chi connectivity index (χ1n) is 5.62. The molecule has 0 saturated carbocycles. The Bertz CT molecular complexity index is 378. The molecule has 7 heteroatoms. The van der Waals surface area contributed by atoms with Crippen molar-refractivity contribution in [3.8, 4) is 0 Å². The summed E-state index contributed by atoms with van der Waals surface area (Å²) in [5, 5.41) is 0. The summed E-state index contributed by atoms with van der Waals surface area (Å²) in [6, 6.07) is 0.163. The van der Waals surface area contributed by atoms with Gasteiger partial charge in [-0.25, -0.2) is 4.98 Å². The Kier molecular flexibility index (Phi) is 6.31. The molecule has 1 aromatic heterocycles. The van der Waals surface area contributed by atoms with E-state index in [1.165, 1.54) is 0 Å². The molecule has 1 unspecified atom stereocenters. The van der Waals surface area contributed by atoms with Crippen LogP contribution in [-0.2, 0) is 9.47 Å². The fourth-order valence-electron chi connectivity index (χ4n) is 1.63. The third-order valence-electron chi connectivity index (χ3n) is 2.49. The number of nitrogen functional groups attached to an aromatic ring is 1. The van der Waals surface area contributed by atoms with Crippen LogP contribution in [0.3, 0.4) is 0 Å². The van der Waals surface area contributed by atoms with E-state index in [4.69, 9.17) is 15.2 Å². The molecule has 0 spiro atoms. The molecule has 6 nitrogen and oxygen atoms in total. The first kappa shape index (κ1) is 15.1. The summed E-state index contributed by atoms with van der Waals surface area (Å²) in [6.07, 6.45) is 1.65. The fourth-order valence-corrected chi connectivity index (χ4v) is 2.05. The van der Waals surface area contributed by atoms with E-state index >= 15 is 0 Å². The van der Waals surface area contributed by atoms with Crippen LogP contribution in [0.4, 0.5) is 11.8 Å². The van der Waals surface area contributed by atoms with E-state index < -0.39 is 0 Å². The molecule has 0 aliphatic carbocycles. The van der Waals surface area contributed by atoms with Gasteiger partial charge in [-0.15, -0.1) is 0 Å². The summed E-state index contributed by atoms with van der Waals surface area (Å²) in [5.41, 5.74) is 5.64. The van der Waals surface area contributed by atoms with E-state index in [9.17, 15) is 0 Å². The Hall–Kier alpha value is -0.920. The average Bonchev–Trinajstić information content (AvgIpc) is 2.34. The van der Waals surface area contributed by atoms with Crippen LogP contribution in [0.2, 0.25) is 0 Å². The van der Waals surface area contributed by atoms with Crippen LogP contribution in [0.1, 0.15) is 6.92 Å². The number of ether oxygens (including phenoxy) is 2. The number of halogens is 1. The molecule has 0 aromatic carbocycles. The molecule has 102 valence electrons. The summed E-state index contributed by atoms with van der Waals surface area (Å²) < 4.78 is 11.1. The minimum atomic E-state index is 0.163. The van der Waals surface area contributed by atoms with Crippen LogP contribution in [0.25, 0.3) is 0 Å². The fraction of sp³-hybridized carbons (Fsp3) is 0.636. The van der Waals surface area contributed by atoms with Crippen LogP contribution < -0.4 is 10.6 Å². The van der Waals surface area contributed by atoms with E-state index in [0.717, 1.165) is 10.3 Å². The Balaban J connectivity index is 2.96. The number of rotatable bonds is 7. The number of methoxy groups -OCH3 is 2. The molecule has 18 heavy (non-hydrogen) atoms. The molecular weight excluding hydrogens is 300 g/mol. The highest BCUT2D eigenvalue weighted by Gasteiger charge is 2.18. The topological polar surface area (TPSA) is 73.5 Å². The number of nitrogens with two attached hydrogens (primary N) is 1. The molecular formula is C11H19BrN4O2. The van der Waals surface area contributed by atoms with Crippen molar-refractivity contribution in [2.24, 2.45) is 0 Å². The van der Waals surface area contributed by atoms with Gasteiger partial charge in [0, 0.05) is 27.0 Å². The van der Waals surface area contributed by atoms with E-state index in [2.05, 4.69) is 37.7 Å². The molecule has 1 heterocycles. The Morgan fingerprint density at radius 1 is 1.44 bits per heavy atom. The van der Waals surface area contributed by atoms with Crippen LogP contribution in [0.5, 0.6) is 0 Å². The van der Waals surface area contributed by atoms with Gasteiger partial charge in [-0.3, -0.25) is 0 Å². The maximum Gasteiger partial charge on any atom is 0.222 e. The number of hydrogen-bond donors (Lipinski definition) is 1. The largest absolute Gasteiger partial charge is 0.383 e. The lowest BCUT2D eigenvalue weighted by molar-refractivity contribution is 0.170. The first-order valence-corrected chi connectivity index (χ1v) is 6.42. The average molecular weight is 319 g/mol. The van der Waals surface area contributed by atoms with Gasteiger partial charge in [-0.2, -0.15) is 4.98 Å². The molecule has 0 fully saturated rings. The SMILES string of the molecule is COCCN(c1nc(N)ncc1Br)C(C)COC. The van der Waals surface area contributed by atoms with Crippen molar-refractivity contribution in [1.29, 1.82) is 0 Å². The summed E-state index contributed by atoms with van der Waals surface area (Å²) in [7, 11) is 3.34. The number of hydrogen-bond acceptors (Lipinski definition) is 6. The lowest BCUT2D eigenvalue weighted by Gasteiger charge is -2.30. The highest BCUT2D eigenvalue weighted by molar-refractivity contribution is 9.10. The van der Waals surface area contributed by atoms with Gasteiger partial charge in [-0.1, -0.05) is 0 Å². The zero-order chi connectivity index (χ0) is 13.5. The molecule has 1 rings (SSSR count). The van der Waals surface area contributed by atoms with Crippen LogP contribution in [0.15, 0.2) is 10.7 Å². The van der Waals surface area contributed by atoms with Gasteiger partial charge in [0.25, 0.3) is 0 Å². The van der Waals surface area contributed by atoms with Crippen molar-refractivity contribution in [1.82, 2.24) is 9.97 Å². The molecule has 0 bridgehead atoms. The minimum Gasteiger partial charge on any atom is -0.383 e.